The third kappa shape index (κ3) is 3.37. The molecular formula is C14H21NO2. The summed E-state index contributed by atoms with van der Waals surface area (Å²) >= 11 is 0. The van der Waals surface area contributed by atoms with Gasteiger partial charge in [-0.25, -0.2) is 0 Å². The molecule has 1 aromatic carbocycles. The van der Waals surface area contributed by atoms with Gasteiger partial charge in [-0.15, -0.1) is 0 Å². The quantitative estimate of drug-likeness (QED) is 0.796. The Bertz CT molecular complexity index is 363. The number of anilines is 1. The Morgan fingerprint density at radius 2 is 2.18 bits per heavy atom. The highest BCUT2D eigenvalue weighted by molar-refractivity contribution is 5.58. The number of benzene rings is 1. The van der Waals surface area contributed by atoms with Crippen LogP contribution in [-0.4, -0.2) is 25.9 Å². The average molecular weight is 235 g/mol. The maximum Gasteiger partial charge on any atom is 0.124 e. The predicted octanol–water partition coefficient (Wildman–Crippen LogP) is 2.85. The van der Waals surface area contributed by atoms with Crippen molar-refractivity contribution in [3.63, 3.8) is 0 Å². The average Bonchev–Trinajstić information content (AvgIpc) is 2.34. The van der Waals surface area contributed by atoms with Crippen LogP contribution >= 0.6 is 0 Å². The minimum Gasteiger partial charge on any atom is -0.491 e. The standard InChI is InChI=1S/C14H21NO2/c1-11(2)16-9-10-17-14-7-3-6-13-12(14)5-4-8-15-13/h3,6-7,11,15H,4-5,8-10H2,1-2H3. The van der Waals surface area contributed by atoms with E-state index in [2.05, 4.69) is 11.4 Å². The van der Waals surface area contributed by atoms with E-state index in [4.69, 9.17) is 9.47 Å². The number of fused-ring (bicyclic) bond motifs is 1. The zero-order valence-electron chi connectivity index (χ0n) is 10.7. The molecule has 0 atom stereocenters. The Morgan fingerprint density at radius 1 is 1.29 bits per heavy atom. The Labute approximate surface area is 103 Å². The normalized spacial score (nSPS) is 14.3. The van der Waals surface area contributed by atoms with Gasteiger partial charge in [-0.3, -0.25) is 0 Å². The molecule has 0 fully saturated rings. The van der Waals surface area contributed by atoms with E-state index in [1.54, 1.807) is 0 Å². The van der Waals surface area contributed by atoms with Gasteiger partial charge in [0, 0.05) is 17.8 Å². The third-order valence-corrected chi connectivity index (χ3v) is 2.84. The fourth-order valence-corrected chi connectivity index (χ4v) is 2.05. The van der Waals surface area contributed by atoms with Crippen LogP contribution < -0.4 is 10.1 Å². The van der Waals surface area contributed by atoms with Crippen LogP contribution in [0.5, 0.6) is 5.75 Å². The molecule has 3 heteroatoms. The van der Waals surface area contributed by atoms with Gasteiger partial charge >= 0.3 is 0 Å². The lowest BCUT2D eigenvalue weighted by Gasteiger charge is -2.21. The summed E-state index contributed by atoms with van der Waals surface area (Å²) in [5.74, 6) is 1.00. The molecule has 1 heterocycles. The largest absolute Gasteiger partial charge is 0.491 e. The van der Waals surface area contributed by atoms with E-state index in [1.165, 1.54) is 17.7 Å². The molecule has 0 aromatic heterocycles. The van der Waals surface area contributed by atoms with E-state index >= 15 is 0 Å². The summed E-state index contributed by atoms with van der Waals surface area (Å²) in [6, 6.07) is 6.20. The molecule has 0 radical (unpaired) electrons. The van der Waals surface area contributed by atoms with Gasteiger partial charge in [0.25, 0.3) is 0 Å². The van der Waals surface area contributed by atoms with Gasteiger partial charge in [0.2, 0.25) is 0 Å². The summed E-state index contributed by atoms with van der Waals surface area (Å²) in [5, 5.41) is 3.40. The van der Waals surface area contributed by atoms with Crippen molar-refractivity contribution in [2.75, 3.05) is 25.1 Å². The second-order valence-electron chi connectivity index (χ2n) is 4.58. The lowest BCUT2D eigenvalue weighted by atomic mass is 10.0. The highest BCUT2D eigenvalue weighted by atomic mass is 16.5. The second-order valence-corrected chi connectivity index (χ2v) is 4.58. The summed E-state index contributed by atoms with van der Waals surface area (Å²) in [6.07, 6.45) is 2.55. The zero-order valence-corrected chi connectivity index (χ0v) is 10.7. The van der Waals surface area contributed by atoms with E-state index < -0.39 is 0 Å². The molecule has 0 amide bonds. The monoisotopic (exact) mass is 235 g/mol. The first-order valence-electron chi connectivity index (χ1n) is 6.37. The van der Waals surface area contributed by atoms with Gasteiger partial charge < -0.3 is 14.8 Å². The van der Waals surface area contributed by atoms with Crippen molar-refractivity contribution in [3.05, 3.63) is 23.8 Å². The lowest BCUT2D eigenvalue weighted by molar-refractivity contribution is 0.0550. The van der Waals surface area contributed by atoms with Gasteiger partial charge in [0.1, 0.15) is 12.4 Å². The molecule has 94 valence electrons. The highest BCUT2D eigenvalue weighted by Crippen LogP contribution is 2.30. The third-order valence-electron chi connectivity index (χ3n) is 2.84. The van der Waals surface area contributed by atoms with E-state index in [0.29, 0.717) is 13.2 Å². The second kappa shape index (κ2) is 5.92. The SMILES string of the molecule is CC(C)OCCOc1cccc2c1CCCN2. The van der Waals surface area contributed by atoms with Gasteiger partial charge in [-0.1, -0.05) is 6.07 Å². The van der Waals surface area contributed by atoms with Crippen LogP contribution in [0.1, 0.15) is 25.8 Å². The van der Waals surface area contributed by atoms with Gasteiger partial charge in [-0.2, -0.15) is 0 Å². The van der Waals surface area contributed by atoms with Crippen molar-refractivity contribution < 1.29 is 9.47 Å². The van der Waals surface area contributed by atoms with Crippen LogP contribution in [0, 0.1) is 0 Å². The summed E-state index contributed by atoms with van der Waals surface area (Å²) in [5.41, 5.74) is 2.53. The van der Waals surface area contributed by atoms with Crippen molar-refractivity contribution in [1.29, 1.82) is 0 Å². The van der Waals surface area contributed by atoms with Crippen LogP contribution in [0.3, 0.4) is 0 Å². The highest BCUT2D eigenvalue weighted by Gasteiger charge is 2.12. The Balaban J connectivity index is 1.92. The lowest BCUT2D eigenvalue weighted by Crippen LogP contribution is -2.15. The summed E-state index contributed by atoms with van der Waals surface area (Å²) < 4.78 is 11.3. The fourth-order valence-electron chi connectivity index (χ4n) is 2.05. The molecule has 2 rings (SSSR count). The smallest absolute Gasteiger partial charge is 0.124 e. The first-order chi connectivity index (χ1) is 8.27. The molecule has 1 aromatic rings. The van der Waals surface area contributed by atoms with Crippen molar-refractivity contribution in [2.24, 2.45) is 0 Å². The van der Waals surface area contributed by atoms with Crippen molar-refractivity contribution in [1.82, 2.24) is 0 Å². The molecule has 3 nitrogen and oxygen atoms in total. The molecular weight excluding hydrogens is 214 g/mol. The van der Waals surface area contributed by atoms with Crippen molar-refractivity contribution in [2.45, 2.75) is 32.8 Å². The number of nitrogens with one attached hydrogen (secondary N) is 1. The van der Waals surface area contributed by atoms with Crippen molar-refractivity contribution in [3.8, 4) is 5.75 Å². The first kappa shape index (κ1) is 12.2. The zero-order chi connectivity index (χ0) is 12.1. The molecule has 1 N–H and O–H groups in total. The maximum atomic E-state index is 5.79. The van der Waals surface area contributed by atoms with E-state index in [0.717, 1.165) is 18.7 Å². The number of hydrogen-bond acceptors (Lipinski definition) is 3. The number of rotatable bonds is 5. The molecule has 1 aliphatic rings. The van der Waals surface area contributed by atoms with Crippen molar-refractivity contribution >= 4 is 5.69 Å². The first-order valence-corrected chi connectivity index (χ1v) is 6.37. The summed E-state index contributed by atoms with van der Waals surface area (Å²) in [6.45, 7) is 6.40. The molecule has 1 aliphatic heterocycles. The van der Waals surface area contributed by atoms with E-state index in [1.807, 2.05) is 26.0 Å². The molecule has 0 unspecified atom stereocenters. The van der Waals surface area contributed by atoms with Gasteiger partial charge in [0.15, 0.2) is 0 Å². The Kier molecular flexibility index (Phi) is 4.26. The minimum absolute atomic E-state index is 0.268. The Hall–Kier alpha value is -1.22. The Morgan fingerprint density at radius 3 is 3.00 bits per heavy atom. The summed E-state index contributed by atoms with van der Waals surface area (Å²) in [4.78, 5) is 0. The molecule has 0 spiro atoms. The van der Waals surface area contributed by atoms with Crippen LogP contribution in [0.25, 0.3) is 0 Å². The van der Waals surface area contributed by atoms with Crippen LogP contribution in [0.15, 0.2) is 18.2 Å². The summed E-state index contributed by atoms with van der Waals surface area (Å²) in [7, 11) is 0. The number of hydrogen-bond donors (Lipinski definition) is 1. The minimum atomic E-state index is 0.268. The van der Waals surface area contributed by atoms with Gasteiger partial charge in [0.05, 0.1) is 12.7 Å². The topological polar surface area (TPSA) is 30.5 Å². The van der Waals surface area contributed by atoms with Crippen LogP contribution in [-0.2, 0) is 11.2 Å². The molecule has 0 bridgehead atoms. The van der Waals surface area contributed by atoms with Gasteiger partial charge in [-0.05, 0) is 38.8 Å². The molecule has 0 saturated carbocycles. The number of ether oxygens (including phenoxy) is 2. The molecule has 17 heavy (non-hydrogen) atoms. The van der Waals surface area contributed by atoms with Crippen LogP contribution in [0.4, 0.5) is 5.69 Å². The van der Waals surface area contributed by atoms with E-state index in [-0.39, 0.29) is 6.10 Å². The van der Waals surface area contributed by atoms with Crippen LogP contribution in [0.2, 0.25) is 0 Å². The fraction of sp³-hybridized carbons (Fsp3) is 0.571. The molecule has 0 saturated heterocycles. The predicted molar refractivity (Wildman–Crippen MR) is 69.8 cm³/mol. The maximum absolute atomic E-state index is 5.79. The molecule has 0 aliphatic carbocycles. The van der Waals surface area contributed by atoms with E-state index in [9.17, 15) is 0 Å².